The molecule has 0 saturated heterocycles. The lowest BCUT2D eigenvalue weighted by Crippen LogP contribution is -2.11. The molecule has 1 heteroatoms. The molecule has 1 fully saturated rings. The lowest BCUT2D eigenvalue weighted by molar-refractivity contribution is 0.304. The number of rotatable bonds is 6. The minimum Gasteiger partial charge on any atom is -0.494 e. The first-order valence-corrected chi connectivity index (χ1v) is 9.22. The number of unbranched alkanes of at least 4 members (excludes halogenated alkanes) is 1. The molecule has 0 aliphatic heterocycles. The van der Waals surface area contributed by atoms with E-state index in [1.165, 1.54) is 32.1 Å². The van der Waals surface area contributed by atoms with Crippen molar-refractivity contribution in [3.05, 3.63) is 42.0 Å². The molecule has 0 bridgehead atoms. The normalized spacial score (nSPS) is 21.0. The predicted molar refractivity (Wildman–Crippen MR) is 98.6 cm³/mol. The SMILES string of the molecule is CCCCOc1ccc(C#CC=C[C@H]2CC[C@H](CC)CC2)cc1. The van der Waals surface area contributed by atoms with E-state index in [1.807, 2.05) is 30.3 Å². The van der Waals surface area contributed by atoms with E-state index >= 15 is 0 Å². The highest BCUT2D eigenvalue weighted by atomic mass is 16.5. The Labute approximate surface area is 142 Å². The van der Waals surface area contributed by atoms with Gasteiger partial charge in [-0.15, -0.1) is 0 Å². The smallest absolute Gasteiger partial charge is 0.119 e. The predicted octanol–water partition coefficient (Wildman–Crippen LogP) is 5.99. The maximum Gasteiger partial charge on any atom is 0.119 e. The van der Waals surface area contributed by atoms with Crippen molar-refractivity contribution in [2.75, 3.05) is 6.61 Å². The van der Waals surface area contributed by atoms with Crippen molar-refractivity contribution >= 4 is 0 Å². The Morgan fingerprint density at radius 1 is 1.09 bits per heavy atom. The number of hydrogen-bond acceptors (Lipinski definition) is 1. The maximum atomic E-state index is 5.66. The molecule has 0 radical (unpaired) electrons. The molecule has 0 atom stereocenters. The second-order valence-corrected chi connectivity index (χ2v) is 6.54. The Morgan fingerprint density at radius 3 is 2.48 bits per heavy atom. The molecule has 1 aromatic rings. The van der Waals surface area contributed by atoms with Crippen LogP contribution in [0.4, 0.5) is 0 Å². The van der Waals surface area contributed by atoms with Crippen LogP contribution < -0.4 is 4.74 Å². The largest absolute Gasteiger partial charge is 0.494 e. The van der Waals surface area contributed by atoms with Crippen molar-refractivity contribution in [3.8, 4) is 17.6 Å². The van der Waals surface area contributed by atoms with Crippen molar-refractivity contribution in [2.45, 2.75) is 58.8 Å². The third-order valence-electron chi connectivity index (χ3n) is 4.76. The average Bonchev–Trinajstić information content (AvgIpc) is 2.61. The third kappa shape index (κ3) is 6.53. The van der Waals surface area contributed by atoms with Gasteiger partial charge < -0.3 is 4.74 Å². The molecular formula is C22H30O. The summed E-state index contributed by atoms with van der Waals surface area (Å²) in [6.45, 7) is 5.28. The summed E-state index contributed by atoms with van der Waals surface area (Å²) in [5.41, 5.74) is 1.05. The summed E-state index contributed by atoms with van der Waals surface area (Å²) in [5.74, 6) is 9.02. The van der Waals surface area contributed by atoms with Crippen molar-refractivity contribution in [1.82, 2.24) is 0 Å². The molecule has 124 valence electrons. The highest BCUT2D eigenvalue weighted by Crippen LogP contribution is 2.31. The van der Waals surface area contributed by atoms with Crippen LogP contribution in [0.3, 0.4) is 0 Å². The number of benzene rings is 1. The van der Waals surface area contributed by atoms with E-state index in [0.717, 1.165) is 42.6 Å². The third-order valence-corrected chi connectivity index (χ3v) is 4.76. The lowest BCUT2D eigenvalue weighted by Gasteiger charge is -2.25. The van der Waals surface area contributed by atoms with E-state index in [-0.39, 0.29) is 0 Å². The molecular weight excluding hydrogens is 280 g/mol. The van der Waals surface area contributed by atoms with Crippen LogP contribution in [0, 0.1) is 23.7 Å². The standard InChI is InChI=1S/C22H30O/c1-3-5-18-23-22-16-14-21(15-17-22)9-7-6-8-20-12-10-19(4-2)11-13-20/h6,8,14-17,19-20H,3-5,10-13,18H2,1-2H3/t19-,20-. The van der Waals surface area contributed by atoms with Gasteiger partial charge in [-0.25, -0.2) is 0 Å². The second-order valence-electron chi connectivity index (χ2n) is 6.54. The lowest BCUT2D eigenvalue weighted by atomic mass is 9.81. The summed E-state index contributed by atoms with van der Waals surface area (Å²) < 4.78 is 5.66. The summed E-state index contributed by atoms with van der Waals surface area (Å²) in [7, 11) is 0. The van der Waals surface area contributed by atoms with Crippen molar-refractivity contribution in [2.24, 2.45) is 11.8 Å². The topological polar surface area (TPSA) is 9.23 Å². The number of allylic oxidation sites excluding steroid dienone is 2. The minimum atomic E-state index is 0.737. The zero-order valence-corrected chi connectivity index (χ0v) is 14.7. The zero-order valence-electron chi connectivity index (χ0n) is 14.7. The molecule has 0 aromatic heterocycles. The maximum absolute atomic E-state index is 5.66. The van der Waals surface area contributed by atoms with Gasteiger partial charge in [-0.05, 0) is 74.3 Å². The molecule has 0 unspecified atom stereocenters. The van der Waals surface area contributed by atoms with Crippen molar-refractivity contribution in [1.29, 1.82) is 0 Å². The monoisotopic (exact) mass is 310 g/mol. The fourth-order valence-electron chi connectivity index (χ4n) is 3.07. The molecule has 1 aromatic carbocycles. The van der Waals surface area contributed by atoms with Gasteiger partial charge in [0.15, 0.2) is 0 Å². The van der Waals surface area contributed by atoms with Gasteiger partial charge in [0.2, 0.25) is 0 Å². The van der Waals surface area contributed by atoms with Gasteiger partial charge in [-0.2, -0.15) is 0 Å². The van der Waals surface area contributed by atoms with Crippen molar-refractivity contribution < 1.29 is 4.74 Å². The molecule has 0 heterocycles. The molecule has 0 N–H and O–H groups in total. The van der Waals surface area contributed by atoms with E-state index in [2.05, 4.69) is 31.8 Å². The molecule has 1 aliphatic rings. The fourth-order valence-corrected chi connectivity index (χ4v) is 3.07. The first-order valence-electron chi connectivity index (χ1n) is 9.22. The second kappa shape index (κ2) is 10.2. The van der Waals surface area contributed by atoms with Crippen LogP contribution in [-0.2, 0) is 0 Å². The fraction of sp³-hybridized carbons (Fsp3) is 0.545. The van der Waals surface area contributed by atoms with Gasteiger partial charge >= 0.3 is 0 Å². The Hall–Kier alpha value is -1.68. The van der Waals surface area contributed by atoms with Gasteiger partial charge in [0.25, 0.3) is 0 Å². The first kappa shape index (κ1) is 17.7. The summed E-state index contributed by atoms with van der Waals surface area (Å²) in [4.78, 5) is 0. The van der Waals surface area contributed by atoms with Crippen LogP contribution in [0.1, 0.15) is 64.4 Å². The van der Waals surface area contributed by atoms with Crippen LogP contribution >= 0.6 is 0 Å². The first-order chi connectivity index (χ1) is 11.3. The molecule has 1 nitrogen and oxygen atoms in total. The summed E-state index contributed by atoms with van der Waals surface area (Å²) in [6, 6.07) is 8.09. The van der Waals surface area contributed by atoms with E-state index in [4.69, 9.17) is 4.74 Å². The minimum absolute atomic E-state index is 0.737. The zero-order chi connectivity index (χ0) is 16.3. The number of hydrogen-bond donors (Lipinski definition) is 0. The molecule has 1 saturated carbocycles. The average molecular weight is 310 g/mol. The van der Waals surface area contributed by atoms with Crippen LogP contribution in [0.15, 0.2) is 36.4 Å². The molecule has 23 heavy (non-hydrogen) atoms. The number of ether oxygens (including phenoxy) is 1. The molecule has 2 rings (SSSR count). The molecule has 1 aliphatic carbocycles. The quantitative estimate of drug-likeness (QED) is 0.463. The Bertz CT molecular complexity index is 521. The Morgan fingerprint density at radius 2 is 1.83 bits per heavy atom. The van der Waals surface area contributed by atoms with E-state index in [9.17, 15) is 0 Å². The van der Waals surface area contributed by atoms with Gasteiger partial charge in [0, 0.05) is 5.56 Å². The van der Waals surface area contributed by atoms with Gasteiger partial charge in [-0.1, -0.05) is 44.6 Å². The molecule has 0 amide bonds. The van der Waals surface area contributed by atoms with E-state index in [1.54, 1.807) is 0 Å². The highest BCUT2D eigenvalue weighted by molar-refractivity contribution is 5.40. The Kier molecular flexibility index (Phi) is 7.81. The van der Waals surface area contributed by atoms with Gasteiger partial charge in [-0.3, -0.25) is 0 Å². The van der Waals surface area contributed by atoms with Gasteiger partial charge in [0.1, 0.15) is 5.75 Å². The van der Waals surface area contributed by atoms with Crippen LogP contribution in [0.25, 0.3) is 0 Å². The highest BCUT2D eigenvalue weighted by Gasteiger charge is 2.17. The molecule has 0 spiro atoms. The summed E-state index contributed by atoms with van der Waals surface area (Å²) >= 11 is 0. The van der Waals surface area contributed by atoms with Crippen LogP contribution in [0.5, 0.6) is 5.75 Å². The summed E-state index contributed by atoms with van der Waals surface area (Å²) in [6.07, 6.45) is 13.4. The van der Waals surface area contributed by atoms with Crippen LogP contribution in [-0.4, -0.2) is 6.61 Å². The summed E-state index contributed by atoms with van der Waals surface area (Å²) in [5, 5.41) is 0. The Balaban J connectivity index is 1.77. The van der Waals surface area contributed by atoms with Crippen LogP contribution in [0.2, 0.25) is 0 Å². The van der Waals surface area contributed by atoms with E-state index < -0.39 is 0 Å². The van der Waals surface area contributed by atoms with Gasteiger partial charge in [0.05, 0.1) is 6.61 Å². The van der Waals surface area contributed by atoms with E-state index in [0.29, 0.717) is 0 Å². The van der Waals surface area contributed by atoms with Crippen molar-refractivity contribution in [3.63, 3.8) is 0 Å².